The quantitative estimate of drug-likeness (QED) is 0.479. The highest BCUT2D eigenvalue weighted by molar-refractivity contribution is 6.33. The Kier molecular flexibility index (Phi) is 4.32. The van der Waals surface area contributed by atoms with E-state index in [0.29, 0.717) is 28.2 Å². The maximum atomic E-state index is 10.7. The summed E-state index contributed by atoms with van der Waals surface area (Å²) in [6.45, 7) is 0.179. The van der Waals surface area contributed by atoms with Crippen molar-refractivity contribution >= 4 is 23.6 Å². The van der Waals surface area contributed by atoms with Crippen molar-refractivity contribution in [3.8, 4) is 5.75 Å². The molecule has 20 heavy (non-hydrogen) atoms. The van der Waals surface area contributed by atoms with Gasteiger partial charge in [-0.25, -0.2) is 0 Å². The molecule has 5 nitrogen and oxygen atoms in total. The monoisotopic (exact) mass is 291 g/mol. The number of nitro groups is 1. The number of hydrogen-bond donors (Lipinski definition) is 0. The molecule has 102 valence electrons. The Labute approximate surface area is 119 Å². The molecule has 0 aromatic heterocycles. The fourth-order valence-corrected chi connectivity index (χ4v) is 1.83. The second-order valence-electron chi connectivity index (χ2n) is 4.02. The summed E-state index contributed by atoms with van der Waals surface area (Å²) in [5.41, 5.74) is 1.07. The first-order chi connectivity index (χ1) is 9.60. The van der Waals surface area contributed by atoms with Gasteiger partial charge in [0.05, 0.1) is 9.95 Å². The summed E-state index contributed by atoms with van der Waals surface area (Å²) in [4.78, 5) is 20.8. The Morgan fingerprint density at radius 2 is 2.05 bits per heavy atom. The number of rotatable bonds is 5. The number of hydrogen-bond acceptors (Lipinski definition) is 4. The van der Waals surface area contributed by atoms with Crippen LogP contribution in [0.4, 0.5) is 5.69 Å². The van der Waals surface area contributed by atoms with Gasteiger partial charge in [0, 0.05) is 17.7 Å². The predicted molar refractivity (Wildman–Crippen MR) is 74.3 cm³/mol. The summed E-state index contributed by atoms with van der Waals surface area (Å²) in [5.74, 6) is 0.493. The first-order valence-corrected chi connectivity index (χ1v) is 6.09. The minimum atomic E-state index is -0.459. The fourth-order valence-electron chi connectivity index (χ4n) is 1.62. The minimum absolute atomic E-state index is 0.0143. The average molecular weight is 292 g/mol. The summed E-state index contributed by atoms with van der Waals surface area (Å²) in [5, 5.41) is 11.0. The van der Waals surface area contributed by atoms with Gasteiger partial charge in [-0.05, 0) is 23.8 Å². The van der Waals surface area contributed by atoms with Gasteiger partial charge < -0.3 is 4.74 Å². The molecule has 0 saturated heterocycles. The van der Waals surface area contributed by atoms with Crippen LogP contribution in [-0.2, 0) is 6.61 Å². The van der Waals surface area contributed by atoms with Gasteiger partial charge in [-0.2, -0.15) is 0 Å². The fraction of sp³-hybridized carbons (Fsp3) is 0.0714. The largest absolute Gasteiger partial charge is 0.489 e. The van der Waals surface area contributed by atoms with Crippen LogP contribution >= 0.6 is 11.6 Å². The van der Waals surface area contributed by atoms with Gasteiger partial charge in [0.2, 0.25) is 0 Å². The molecule has 0 aliphatic carbocycles. The van der Waals surface area contributed by atoms with E-state index in [1.54, 1.807) is 24.3 Å². The van der Waals surface area contributed by atoms with Crippen molar-refractivity contribution in [2.24, 2.45) is 0 Å². The van der Waals surface area contributed by atoms with E-state index >= 15 is 0 Å². The van der Waals surface area contributed by atoms with E-state index in [9.17, 15) is 14.9 Å². The molecule has 0 aliphatic rings. The summed E-state index contributed by atoms with van der Waals surface area (Å²) >= 11 is 5.88. The molecule has 2 rings (SSSR count). The number of carbonyl (C=O) groups excluding carboxylic acids is 1. The van der Waals surface area contributed by atoms with Gasteiger partial charge in [-0.15, -0.1) is 0 Å². The number of aldehydes is 1. The molecule has 2 aromatic rings. The number of ether oxygens (including phenoxy) is 1. The zero-order valence-corrected chi connectivity index (χ0v) is 11.0. The van der Waals surface area contributed by atoms with Crippen molar-refractivity contribution in [2.75, 3.05) is 0 Å². The smallest absolute Gasteiger partial charge is 0.269 e. The van der Waals surface area contributed by atoms with E-state index in [-0.39, 0.29) is 12.3 Å². The third-order valence-corrected chi connectivity index (χ3v) is 2.95. The number of carbonyl (C=O) groups is 1. The van der Waals surface area contributed by atoms with Gasteiger partial charge in [-0.3, -0.25) is 14.9 Å². The Bertz CT molecular complexity index is 657. The predicted octanol–water partition coefficient (Wildman–Crippen LogP) is 3.64. The molecule has 0 N–H and O–H groups in total. The molecule has 2 aromatic carbocycles. The topological polar surface area (TPSA) is 69.4 Å². The molecule has 0 amide bonds. The SMILES string of the molecule is O=Cc1ccc(OCc2cccc([N+](=O)[O-])c2)cc1Cl. The highest BCUT2D eigenvalue weighted by Crippen LogP contribution is 2.22. The summed E-state index contributed by atoms with van der Waals surface area (Å²) in [6.07, 6.45) is 0.659. The number of non-ortho nitro benzene ring substituents is 1. The van der Waals surface area contributed by atoms with E-state index in [4.69, 9.17) is 16.3 Å². The first-order valence-electron chi connectivity index (χ1n) is 5.71. The number of nitrogens with zero attached hydrogens (tertiary/aromatic N) is 1. The van der Waals surface area contributed by atoms with Gasteiger partial charge in [0.15, 0.2) is 6.29 Å². The van der Waals surface area contributed by atoms with Crippen LogP contribution in [0.25, 0.3) is 0 Å². The van der Waals surface area contributed by atoms with Crippen LogP contribution in [0.15, 0.2) is 42.5 Å². The summed E-state index contributed by atoms with van der Waals surface area (Å²) in [7, 11) is 0. The molecule has 0 aliphatic heterocycles. The Morgan fingerprint density at radius 3 is 2.70 bits per heavy atom. The average Bonchev–Trinajstić information content (AvgIpc) is 2.45. The van der Waals surface area contributed by atoms with Gasteiger partial charge in [0.1, 0.15) is 12.4 Å². The van der Waals surface area contributed by atoms with Crippen LogP contribution in [0.3, 0.4) is 0 Å². The summed E-state index contributed by atoms with van der Waals surface area (Å²) < 4.78 is 5.48. The van der Waals surface area contributed by atoms with Crippen LogP contribution in [0.2, 0.25) is 5.02 Å². The molecule has 0 unspecified atom stereocenters. The van der Waals surface area contributed by atoms with E-state index < -0.39 is 4.92 Å². The highest BCUT2D eigenvalue weighted by Gasteiger charge is 2.06. The molecule has 0 heterocycles. The molecule has 0 fully saturated rings. The van der Waals surface area contributed by atoms with Crippen molar-refractivity contribution in [2.45, 2.75) is 6.61 Å². The van der Waals surface area contributed by atoms with Crippen LogP contribution < -0.4 is 4.74 Å². The number of nitro benzene ring substituents is 1. The van der Waals surface area contributed by atoms with Crippen molar-refractivity contribution < 1.29 is 14.5 Å². The first kappa shape index (κ1) is 14.0. The third kappa shape index (κ3) is 3.33. The van der Waals surface area contributed by atoms with Crippen LogP contribution in [-0.4, -0.2) is 11.2 Å². The molecule has 0 saturated carbocycles. The second kappa shape index (κ2) is 6.16. The van der Waals surface area contributed by atoms with E-state index in [1.165, 1.54) is 18.2 Å². The lowest BCUT2D eigenvalue weighted by Crippen LogP contribution is -1.97. The zero-order valence-electron chi connectivity index (χ0n) is 10.3. The number of halogens is 1. The van der Waals surface area contributed by atoms with Crippen LogP contribution in [0.5, 0.6) is 5.75 Å². The Morgan fingerprint density at radius 1 is 1.25 bits per heavy atom. The highest BCUT2D eigenvalue weighted by atomic mass is 35.5. The van der Waals surface area contributed by atoms with E-state index in [1.807, 2.05) is 0 Å². The lowest BCUT2D eigenvalue weighted by molar-refractivity contribution is -0.384. The molecular formula is C14H10ClNO4. The van der Waals surface area contributed by atoms with Crippen molar-refractivity contribution in [3.63, 3.8) is 0 Å². The van der Waals surface area contributed by atoms with Crippen molar-refractivity contribution in [1.82, 2.24) is 0 Å². The molecular weight excluding hydrogens is 282 g/mol. The Balaban J connectivity index is 2.08. The van der Waals surface area contributed by atoms with Crippen LogP contribution in [0.1, 0.15) is 15.9 Å². The maximum Gasteiger partial charge on any atom is 0.269 e. The zero-order chi connectivity index (χ0) is 14.5. The Hall–Kier alpha value is -2.40. The van der Waals surface area contributed by atoms with Crippen LogP contribution in [0, 0.1) is 10.1 Å². The lowest BCUT2D eigenvalue weighted by Gasteiger charge is -2.07. The molecule has 0 spiro atoms. The normalized spacial score (nSPS) is 10.1. The molecule has 0 bridgehead atoms. The lowest BCUT2D eigenvalue weighted by atomic mass is 10.2. The van der Waals surface area contributed by atoms with E-state index in [2.05, 4.69) is 0 Å². The molecule has 0 atom stereocenters. The molecule has 0 radical (unpaired) electrons. The summed E-state index contributed by atoms with van der Waals surface area (Å²) in [6, 6.07) is 10.9. The molecule has 6 heteroatoms. The van der Waals surface area contributed by atoms with Gasteiger partial charge in [0.25, 0.3) is 5.69 Å². The standard InChI is InChI=1S/C14H10ClNO4/c15-14-7-13(5-4-11(14)8-17)20-9-10-2-1-3-12(6-10)16(18)19/h1-8H,9H2. The maximum absolute atomic E-state index is 10.7. The number of benzene rings is 2. The van der Waals surface area contributed by atoms with Crippen molar-refractivity contribution in [1.29, 1.82) is 0 Å². The minimum Gasteiger partial charge on any atom is -0.489 e. The van der Waals surface area contributed by atoms with Gasteiger partial charge in [-0.1, -0.05) is 23.7 Å². The van der Waals surface area contributed by atoms with Crippen molar-refractivity contribution in [3.05, 3.63) is 68.7 Å². The third-order valence-electron chi connectivity index (χ3n) is 2.63. The van der Waals surface area contributed by atoms with E-state index in [0.717, 1.165) is 0 Å². The second-order valence-corrected chi connectivity index (χ2v) is 4.42. The van der Waals surface area contributed by atoms with Gasteiger partial charge >= 0.3 is 0 Å².